The molecule has 2 aromatic heterocycles. The minimum Gasteiger partial charge on any atom is -0.477 e. The molecule has 3 rings (SSSR count). The minimum atomic E-state index is -3.75. The normalized spacial score (nSPS) is 15.6. The van der Waals surface area contributed by atoms with Crippen molar-refractivity contribution in [1.82, 2.24) is 24.3 Å². The number of fused-ring (bicyclic) bond motifs is 1. The number of aryl methyl sites for hydroxylation is 3. The number of nitrogens with one attached hydrogen (secondary N) is 1. The van der Waals surface area contributed by atoms with Crippen LogP contribution in [0.4, 0.5) is 0 Å². The molecule has 0 saturated carbocycles. The van der Waals surface area contributed by atoms with Crippen molar-refractivity contribution in [2.45, 2.75) is 31.7 Å². The lowest BCUT2D eigenvalue weighted by Gasteiger charge is -2.26. The number of carboxylic acid groups (broad SMARTS) is 1. The van der Waals surface area contributed by atoms with Crippen LogP contribution in [0.25, 0.3) is 0 Å². The largest absolute Gasteiger partial charge is 0.477 e. The summed E-state index contributed by atoms with van der Waals surface area (Å²) in [4.78, 5) is 11.6. The van der Waals surface area contributed by atoms with Crippen LogP contribution in [0.2, 0.25) is 0 Å². The number of carbonyl (C=O) groups is 1. The van der Waals surface area contributed by atoms with Gasteiger partial charge in [-0.3, -0.25) is 9.78 Å². The Hall–Kier alpha value is -2.20. The number of rotatable bonds is 3. The third-order valence-electron chi connectivity index (χ3n) is 4.02. The Labute approximate surface area is 133 Å². The topological polar surface area (TPSA) is 121 Å². The van der Waals surface area contributed by atoms with Crippen molar-refractivity contribution in [2.75, 3.05) is 6.54 Å². The molecule has 0 spiro atoms. The molecule has 3 heterocycles. The first kappa shape index (κ1) is 15.7. The zero-order valence-electron chi connectivity index (χ0n) is 13.0. The van der Waals surface area contributed by atoms with Gasteiger partial charge in [-0.25, -0.2) is 13.2 Å². The maximum Gasteiger partial charge on any atom is 0.354 e. The van der Waals surface area contributed by atoms with Crippen molar-refractivity contribution in [3.63, 3.8) is 0 Å². The highest BCUT2D eigenvalue weighted by Crippen LogP contribution is 2.28. The molecule has 0 saturated heterocycles. The van der Waals surface area contributed by atoms with Gasteiger partial charge in [0.15, 0.2) is 5.69 Å². The van der Waals surface area contributed by atoms with Crippen LogP contribution >= 0.6 is 0 Å². The van der Waals surface area contributed by atoms with E-state index in [0.29, 0.717) is 29.1 Å². The lowest BCUT2D eigenvalue weighted by Crippen LogP contribution is -2.36. The second-order valence-electron chi connectivity index (χ2n) is 5.55. The van der Waals surface area contributed by atoms with E-state index in [1.165, 1.54) is 8.99 Å². The van der Waals surface area contributed by atoms with Gasteiger partial charge in [-0.15, -0.1) is 0 Å². The monoisotopic (exact) mass is 339 g/mol. The molecule has 0 amide bonds. The molecule has 2 aromatic rings. The molecule has 10 heteroatoms. The summed E-state index contributed by atoms with van der Waals surface area (Å²) in [5.74, 6) is -1.11. The molecule has 0 fully saturated rings. The summed E-state index contributed by atoms with van der Waals surface area (Å²) >= 11 is 0. The number of hydrogen-bond donors (Lipinski definition) is 2. The summed E-state index contributed by atoms with van der Waals surface area (Å²) in [5, 5.41) is 20.1. The Balaban J connectivity index is 2.04. The van der Waals surface area contributed by atoms with Gasteiger partial charge in [0, 0.05) is 32.1 Å². The molecule has 0 unspecified atom stereocenters. The number of aromatic nitrogens is 4. The van der Waals surface area contributed by atoms with E-state index in [4.69, 9.17) is 0 Å². The molecule has 0 radical (unpaired) electrons. The van der Waals surface area contributed by atoms with Crippen LogP contribution in [0, 0.1) is 13.8 Å². The molecule has 1 aliphatic heterocycles. The lowest BCUT2D eigenvalue weighted by atomic mass is 10.1. The predicted molar refractivity (Wildman–Crippen MR) is 79.5 cm³/mol. The highest BCUT2D eigenvalue weighted by Gasteiger charge is 2.35. The van der Waals surface area contributed by atoms with Crippen molar-refractivity contribution >= 4 is 16.0 Å². The number of aromatic carboxylic acids is 1. The summed E-state index contributed by atoms with van der Waals surface area (Å²) in [6.07, 6.45) is 0.381. The molecule has 1 aliphatic rings. The number of carboxylic acids is 1. The SMILES string of the molecule is Cc1n[nH]c(C)c1S(=O)(=O)N1CCc2nn(C)c(C(=O)O)c2C1. The van der Waals surface area contributed by atoms with Gasteiger partial charge in [0.25, 0.3) is 0 Å². The van der Waals surface area contributed by atoms with Gasteiger partial charge in [-0.1, -0.05) is 0 Å². The summed E-state index contributed by atoms with van der Waals surface area (Å²) in [5.41, 5.74) is 1.99. The average Bonchev–Trinajstić information content (AvgIpc) is 2.96. The Morgan fingerprint density at radius 1 is 1.35 bits per heavy atom. The van der Waals surface area contributed by atoms with E-state index in [2.05, 4.69) is 15.3 Å². The van der Waals surface area contributed by atoms with Crippen molar-refractivity contribution in [3.05, 3.63) is 28.3 Å². The second-order valence-corrected chi connectivity index (χ2v) is 7.43. The summed E-state index contributed by atoms with van der Waals surface area (Å²) in [6, 6.07) is 0. The standard InChI is InChI=1S/C13H17N5O4S/c1-7-12(8(2)15-14-7)23(21,22)18-5-4-10-9(6-18)11(13(19)20)17(3)16-10/h4-6H2,1-3H3,(H,14,15)(H,19,20). The number of aromatic amines is 1. The van der Waals surface area contributed by atoms with Crippen LogP contribution in [-0.4, -0.2) is 50.3 Å². The molecule has 0 bridgehead atoms. The molecule has 0 aliphatic carbocycles. The van der Waals surface area contributed by atoms with Crippen LogP contribution in [0.15, 0.2) is 4.90 Å². The molecule has 0 aromatic carbocycles. The molecular formula is C13H17N5O4S. The van der Waals surface area contributed by atoms with Gasteiger partial charge in [0.2, 0.25) is 10.0 Å². The Kier molecular flexibility index (Phi) is 3.52. The fourth-order valence-corrected chi connectivity index (χ4v) is 4.74. The molecular weight excluding hydrogens is 322 g/mol. The van der Waals surface area contributed by atoms with Crippen LogP contribution < -0.4 is 0 Å². The number of sulfonamides is 1. The maximum atomic E-state index is 12.9. The summed E-state index contributed by atoms with van der Waals surface area (Å²) in [7, 11) is -2.20. The smallest absolute Gasteiger partial charge is 0.354 e. The number of hydrogen-bond acceptors (Lipinski definition) is 5. The van der Waals surface area contributed by atoms with Crippen molar-refractivity contribution < 1.29 is 18.3 Å². The third-order valence-corrected chi connectivity index (χ3v) is 6.13. The van der Waals surface area contributed by atoms with Gasteiger partial charge >= 0.3 is 5.97 Å². The van der Waals surface area contributed by atoms with E-state index in [1.54, 1.807) is 20.9 Å². The first-order chi connectivity index (χ1) is 10.7. The summed E-state index contributed by atoms with van der Waals surface area (Å²) in [6.45, 7) is 3.53. The van der Waals surface area contributed by atoms with Gasteiger partial charge in [-0.05, 0) is 13.8 Å². The van der Waals surface area contributed by atoms with Gasteiger partial charge in [-0.2, -0.15) is 14.5 Å². The molecule has 23 heavy (non-hydrogen) atoms. The fourth-order valence-electron chi connectivity index (χ4n) is 3.00. The highest BCUT2D eigenvalue weighted by atomic mass is 32.2. The Morgan fingerprint density at radius 3 is 2.61 bits per heavy atom. The molecule has 124 valence electrons. The average molecular weight is 339 g/mol. The third kappa shape index (κ3) is 2.34. The predicted octanol–water partition coefficient (Wildman–Crippen LogP) is 0.205. The van der Waals surface area contributed by atoms with Crippen molar-refractivity contribution in [3.8, 4) is 0 Å². The van der Waals surface area contributed by atoms with Crippen molar-refractivity contribution in [2.24, 2.45) is 7.05 Å². The summed E-state index contributed by atoms with van der Waals surface area (Å²) < 4.78 is 28.3. The molecule has 2 N–H and O–H groups in total. The van der Waals surface area contributed by atoms with E-state index in [1.807, 2.05) is 0 Å². The number of nitrogens with zero attached hydrogens (tertiary/aromatic N) is 4. The van der Waals surface area contributed by atoms with Crippen LogP contribution in [0.3, 0.4) is 0 Å². The quantitative estimate of drug-likeness (QED) is 0.824. The highest BCUT2D eigenvalue weighted by molar-refractivity contribution is 7.89. The van der Waals surface area contributed by atoms with E-state index < -0.39 is 16.0 Å². The van der Waals surface area contributed by atoms with Gasteiger partial charge < -0.3 is 5.11 Å². The van der Waals surface area contributed by atoms with E-state index in [-0.39, 0.29) is 23.7 Å². The van der Waals surface area contributed by atoms with Crippen LogP contribution in [0.1, 0.15) is 33.1 Å². The van der Waals surface area contributed by atoms with E-state index in [9.17, 15) is 18.3 Å². The Bertz CT molecular complexity index is 876. The minimum absolute atomic E-state index is 0.00278. The van der Waals surface area contributed by atoms with E-state index in [0.717, 1.165) is 0 Å². The zero-order valence-corrected chi connectivity index (χ0v) is 13.8. The molecule has 9 nitrogen and oxygen atoms in total. The van der Waals surface area contributed by atoms with E-state index >= 15 is 0 Å². The number of H-pyrrole nitrogens is 1. The zero-order chi connectivity index (χ0) is 16.9. The molecule has 0 atom stereocenters. The van der Waals surface area contributed by atoms with Crippen molar-refractivity contribution in [1.29, 1.82) is 0 Å². The van der Waals surface area contributed by atoms with Crippen LogP contribution in [0.5, 0.6) is 0 Å². The van der Waals surface area contributed by atoms with Gasteiger partial charge in [0.1, 0.15) is 4.90 Å². The fraction of sp³-hybridized carbons (Fsp3) is 0.462. The maximum absolute atomic E-state index is 12.9. The first-order valence-electron chi connectivity index (χ1n) is 7.03. The first-order valence-corrected chi connectivity index (χ1v) is 8.47. The van der Waals surface area contributed by atoms with Crippen LogP contribution in [-0.2, 0) is 30.0 Å². The lowest BCUT2D eigenvalue weighted by molar-refractivity contribution is 0.0683. The van der Waals surface area contributed by atoms with Gasteiger partial charge in [0.05, 0.1) is 17.1 Å². The Morgan fingerprint density at radius 2 is 2.04 bits per heavy atom. The second kappa shape index (κ2) is 5.17.